The summed E-state index contributed by atoms with van der Waals surface area (Å²) in [7, 11) is 0. The summed E-state index contributed by atoms with van der Waals surface area (Å²) in [5, 5.41) is 0. The molecule has 2 nitrogen and oxygen atoms in total. The van der Waals surface area contributed by atoms with E-state index in [1.807, 2.05) is 0 Å². The van der Waals surface area contributed by atoms with E-state index in [0.29, 0.717) is 29.9 Å². The van der Waals surface area contributed by atoms with Crippen molar-refractivity contribution in [1.82, 2.24) is 4.90 Å². The second-order valence-electron chi connectivity index (χ2n) is 8.84. The van der Waals surface area contributed by atoms with Gasteiger partial charge in [-0.3, -0.25) is 9.69 Å². The lowest BCUT2D eigenvalue weighted by Gasteiger charge is -2.36. The first-order valence-corrected chi connectivity index (χ1v) is 10.7. The first-order chi connectivity index (χ1) is 14.6. The fraction of sp³-hybridized carbons (Fsp3) is 0.296. The molecule has 30 heavy (non-hydrogen) atoms. The Morgan fingerprint density at radius 1 is 1.00 bits per heavy atom. The molecule has 1 aliphatic carbocycles. The highest BCUT2D eigenvalue weighted by atomic mass is 19.1. The third kappa shape index (κ3) is 3.59. The number of benzene rings is 3. The molecule has 1 fully saturated rings. The average molecular weight is 400 g/mol. The van der Waals surface area contributed by atoms with E-state index in [1.54, 1.807) is 12.1 Å². The summed E-state index contributed by atoms with van der Waals surface area (Å²) in [5.74, 6) is 1.18. The van der Waals surface area contributed by atoms with Crippen LogP contribution in [0.15, 0.2) is 72.8 Å². The van der Waals surface area contributed by atoms with Crippen molar-refractivity contribution in [2.45, 2.75) is 19.3 Å². The predicted octanol–water partition coefficient (Wildman–Crippen LogP) is 5.25. The Labute approximate surface area is 177 Å². The van der Waals surface area contributed by atoms with Gasteiger partial charge in [0.05, 0.1) is 6.54 Å². The van der Waals surface area contributed by atoms with Crippen LogP contribution in [0.1, 0.15) is 38.5 Å². The van der Waals surface area contributed by atoms with Crippen molar-refractivity contribution < 1.29 is 9.18 Å². The maximum Gasteiger partial charge on any atom is 0.176 e. The van der Waals surface area contributed by atoms with Crippen molar-refractivity contribution in [3.05, 3.63) is 106 Å². The van der Waals surface area contributed by atoms with Crippen molar-refractivity contribution in [2.75, 3.05) is 19.6 Å². The quantitative estimate of drug-likeness (QED) is 0.558. The van der Waals surface area contributed by atoms with Crippen LogP contribution in [0.2, 0.25) is 0 Å². The Kier molecular flexibility index (Phi) is 5.00. The molecule has 0 radical (unpaired) electrons. The molecule has 3 aromatic rings. The van der Waals surface area contributed by atoms with Gasteiger partial charge in [0.2, 0.25) is 0 Å². The van der Waals surface area contributed by atoms with Gasteiger partial charge in [-0.25, -0.2) is 4.39 Å². The van der Waals surface area contributed by atoms with Crippen molar-refractivity contribution >= 4 is 5.78 Å². The molecule has 3 aromatic carbocycles. The molecule has 3 unspecified atom stereocenters. The van der Waals surface area contributed by atoms with Gasteiger partial charge >= 0.3 is 0 Å². The molecular weight excluding hydrogens is 373 g/mol. The van der Waals surface area contributed by atoms with Crippen LogP contribution >= 0.6 is 0 Å². The minimum atomic E-state index is -0.308. The van der Waals surface area contributed by atoms with Crippen LogP contribution in [-0.2, 0) is 6.42 Å². The fourth-order valence-corrected chi connectivity index (χ4v) is 5.46. The molecule has 0 N–H and O–H groups in total. The molecule has 0 amide bonds. The van der Waals surface area contributed by atoms with E-state index >= 15 is 0 Å². The van der Waals surface area contributed by atoms with E-state index in [9.17, 15) is 9.18 Å². The third-order valence-corrected chi connectivity index (χ3v) is 6.80. The van der Waals surface area contributed by atoms with Crippen LogP contribution in [0.5, 0.6) is 0 Å². The summed E-state index contributed by atoms with van der Waals surface area (Å²) < 4.78 is 13.2. The molecule has 0 aromatic heterocycles. The zero-order valence-corrected chi connectivity index (χ0v) is 17.2. The van der Waals surface area contributed by atoms with Gasteiger partial charge in [0.15, 0.2) is 5.78 Å². The molecule has 1 aliphatic heterocycles. The number of hydrogen-bond donors (Lipinski definition) is 0. The molecule has 152 valence electrons. The summed E-state index contributed by atoms with van der Waals surface area (Å²) in [6.45, 7) is 4.42. The number of likely N-dealkylation sites (tertiary alicyclic amines) is 1. The molecule has 1 saturated heterocycles. The standard InChI is InChI=1S/C27H26FNO/c1-18-7-12-24-21(13-18)14-22-15-29(17-26(30)19-8-10-23(28)11-9-19)16-25(22)27(24)20-5-3-2-4-6-20/h2-13,22,25,27H,14-17H2,1H3. The number of rotatable bonds is 4. The number of carbonyl (C=O) groups excluding carboxylic acids is 1. The fourth-order valence-electron chi connectivity index (χ4n) is 5.46. The summed E-state index contributed by atoms with van der Waals surface area (Å²) in [4.78, 5) is 15.1. The number of halogens is 1. The summed E-state index contributed by atoms with van der Waals surface area (Å²) >= 11 is 0. The third-order valence-electron chi connectivity index (χ3n) is 6.80. The molecule has 5 rings (SSSR count). The number of fused-ring (bicyclic) bond motifs is 2. The first kappa shape index (κ1) is 19.2. The lowest BCUT2D eigenvalue weighted by atomic mass is 9.68. The molecule has 2 aliphatic rings. The summed E-state index contributed by atoms with van der Waals surface area (Å²) in [6, 6.07) is 23.6. The highest BCUT2D eigenvalue weighted by molar-refractivity contribution is 5.97. The van der Waals surface area contributed by atoms with Crippen LogP contribution in [-0.4, -0.2) is 30.3 Å². The Morgan fingerprint density at radius 3 is 2.53 bits per heavy atom. The van der Waals surface area contributed by atoms with E-state index in [-0.39, 0.29) is 11.6 Å². The van der Waals surface area contributed by atoms with Gasteiger partial charge in [-0.15, -0.1) is 0 Å². The zero-order valence-electron chi connectivity index (χ0n) is 17.2. The average Bonchev–Trinajstić information content (AvgIpc) is 3.14. The molecular formula is C27H26FNO. The van der Waals surface area contributed by atoms with Gasteiger partial charge in [0, 0.05) is 24.6 Å². The van der Waals surface area contributed by atoms with E-state index in [1.165, 1.54) is 34.4 Å². The monoisotopic (exact) mass is 399 g/mol. The molecule has 3 atom stereocenters. The van der Waals surface area contributed by atoms with Gasteiger partial charge in [0.1, 0.15) is 5.82 Å². The van der Waals surface area contributed by atoms with Crippen molar-refractivity contribution in [3.8, 4) is 0 Å². The highest BCUT2D eigenvalue weighted by Crippen LogP contribution is 2.47. The summed E-state index contributed by atoms with van der Waals surface area (Å²) in [6.07, 6.45) is 1.08. The van der Waals surface area contributed by atoms with Gasteiger partial charge in [-0.05, 0) is 66.1 Å². The predicted molar refractivity (Wildman–Crippen MR) is 117 cm³/mol. The van der Waals surface area contributed by atoms with E-state index < -0.39 is 0 Å². The molecule has 0 spiro atoms. The number of carbonyl (C=O) groups is 1. The smallest absolute Gasteiger partial charge is 0.176 e. The van der Waals surface area contributed by atoms with Crippen molar-refractivity contribution in [3.63, 3.8) is 0 Å². The molecule has 0 bridgehead atoms. The Morgan fingerprint density at radius 2 is 1.77 bits per heavy atom. The van der Waals surface area contributed by atoms with Gasteiger partial charge < -0.3 is 0 Å². The maximum atomic E-state index is 13.2. The molecule has 0 saturated carbocycles. The number of Topliss-reactive ketones (excluding diaryl/α,β-unsaturated/α-hetero) is 1. The van der Waals surface area contributed by atoms with Gasteiger partial charge in [0.25, 0.3) is 0 Å². The number of aryl methyl sites for hydroxylation is 1. The second kappa shape index (κ2) is 7.81. The van der Waals surface area contributed by atoms with Crippen LogP contribution in [0.25, 0.3) is 0 Å². The second-order valence-corrected chi connectivity index (χ2v) is 8.84. The van der Waals surface area contributed by atoms with Crippen LogP contribution in [0, 0.1) is 24.6 Å². The lowest BCUT2D eigenvalue weighted by molar-refractivity contribution is 0.0942. The van der Waals surface area contributed by atoms with Crippen LogP contribution in [0.3, 0.4) is 0 Å². The number of nitrogens with zero attached hydrogens (tertiary/aromatic N) is 1. The SMILES string of the molecule is Cc1ccc2c(c1)CC1CN(CC(=O)c3ccc(F)cc3)CC1C2c1ccccc1. The van der Waals surface area contributed by atoms with E-state index in [4.69, 9.17) is 0 Å². The number of hydrogen-bond acceptors (Lipinski definition) is 2. The minimum absolute atomic E-state index is 0.0678. The van der Waals surface area contributed by atoms with E-state index in [2.05, 4.69) is 60.4 Å². The molecule has 3 heteroatoms. The lowest BCUT2D eigenvalue weighted by Crippen LogP contribution is -2.30. The Hall–Kier alpha value is -2.78. The van der Waals surface area contributed by atoms with Gasteiger partial charge in [-0.1, -0.05) is 54.1 Å². The van der Waals surface area contributed by atoms with Crippen LogP contribution < -0.4 is 0 Å². The Balaban J connectivity index is 1.42. The summed E-state index contributed by atoms with van der Waals surface area (Å²) in [5.41, 5.74) is 6.16. The zero-order chi connectivity index (χ0) is 20.7. The van der Waals surface area contributed by atoms with Crippen molar-refractivity contribution in [2.24, 2.45) is 11.8 Å². The number of ketones is 1. The largest absolute Gasteiger partial charge is 0.295 e. The Bertz CT molecular complexity index is 1060. The van der Waals surface area contributed by atoms with Crippen LogP contribution in [0.4, 0.5) is 4.39 Å². The molecule has 1 heterocycles. The maximum absolute atomic E-state index is 13.2. The normalized spacial score (nSPS) is 23.1. The van der Waals surface area contributed by atoms with Crippen molar-refractivity contribution in [1.29, 1.82) is 0 Å². The first-order valence-electron chi connectivity index (χ1n) is 10.7. The van der Waals surface area contributed by atoms with E-state index in [0.717, 1.165) is 19.5 Å². The minimum Gasteiger partial charge on any atom is -0.295 e. The van der Waals surface area contributed by atoms with Gasteiger partial charge in [-0.2, -0.15) is 0 Å². The topological polar surface area (TPSA) is 20.3 Å². The highest BCUT2D eigenvalue weighted by Gasteiger charge is 2.43.